The summed E-state index contributed by atoms with van der Waals surface area (Å²) in [4.78, 5) is 68.2. The van der Waals surface area contributed by atoms with Crippen LogP contribution in [0, 0.1) is 23.2 Å². The first-order valence-corrected chi connectivity index (χ1v) is 15.4. The molecule has 43 heavy (non-hydrogen) atoms. The summed E-state index contributed by atoms with van der Waals surface area (Å²) >= 11 is 0. The highest BCUT2D eigenvalue weighted by molar-refractivity contribution is 6.38. The number of ether oxygens (including phenoxy) is 2. The normalized spacial score (nSPS) is 24.1. The second kappa shape index (κ2) is 14.5. The summed E-state index contributed by atoms with van der Waals surface area (Å²) < 4.78 is 10.6. The second-order valence-electron chi connectivity index (χ2n) is 13.5. The van der Waals surface area contributed by atoms with Gasteiger partial charge in [-0.05, 0) is 69.6 Å². The highest BCUT2D eigenvalue weighted by Gasteiger charge is 2.69. The van der Waals surface area contributed by atoms with E-state index in [4.69, 9.17) is 9.47 Å². The van der Waals surface area contributed by atoms with E-state index in [0.717, 1.165) is 32.1 Å². The van der Waals surface area contributed by atoms with Gasteiger partial charge in [-0.3, -0.25) is 19.2 Å². The van der Waals surface area contributed by atoms with Crippen LogP contribution < -0.4 is 16.0 Å². The lowest BCUT2D eigenvalue weighted by atomic mass is 9.83. The highest BCUT2D eigenvalue weighted by Crippen LogP contribution is 2.65. The molecular weight excluding hydrogens is 552 g/mol. The van der Waals surface area contributed by atoms with E-state index in [1.54, 1.807) is 31.7 Å². The summed E-state index contributed by atoms with van der Waals surface area (Å²) in [6.45, 7) is 17.1. The number of rotatable bonds is 14. The van der Waals surface area contributed by atoms with Crippen LogP contribution in [0.3, 0.4) is 0 Å². The lowest BCUT2D eigenvalue weighted by molar-refractivity contribution is -0.145. The molecule has 3 rings (SSSR count). The van der Waals surface area contributed by atoms with Gasteiger partial charge in [0.25, 0.3) is 5.91 Å². The third-order valence-corrected chi connectivity index (χ3v) is 8.91. The number of Topliss-reactive ketones (excluding diaryl/α,β-unsaturated/α-hetero) is 1. The molecule has 2 saturated carbocycles. The van der Waals surface area contributed by atoms with Crippen molar-refractivity contribution in [1.29, 1.82) is 0 Å². The zero-order chi connectivity index (χ0) is 31.9. The molecule has 3 N–H and O–H groups in total. The number of amides is 4. The van der Waals surface area contributed by atoms with Gasteiger partial charge in [0, 0.05) is 6.54 Å². The Kier molecular flexibility index (Phi) is 11.6. The van der Waals surface area contributed by atoms with E-state index in [1.165, 1.54) is 6.08 Å². The number of likely N-dealkylation sites (tertiary alicyclic amines) is 1. The third kappa shape index (κ3) is 8.68. The number of hydrogen-bond donors (Lipinski definition) is 3. The van der Waals surface area contributed by atoms with E-state index in [1.807, 2.05) is 0 Å². The van der Waals surface area contributed by atoms with E-state index in [9.17, 15) is 24.0 Å². The Morgan fingerprint density at radius 3 is 2.30 bits per heavy atom. The van der Waals surface area contributed by atoms with Crippen molar-refractivity contribution in [1.82, 2.24) is 20.9 Å². The minimum atomic E-state index is -1.10. The molecular formula is C32H50N4O7. The van der Waals surface area contributed by atoms with Crippen molar-refractivity contribution in [3.63, 3.8) is 0 Å². The van der Waals surface area contributed by atoms with Gasteiger partial charge in [0.2, 0.25) is 17.6 Å². The van der Waals surface area contributed by atoms with Gasteiger partial charge in [-0.2, -0.15) is 0 Å². The second-order valence-corrected chi connectivity index (χ2v) is 13.5. The number of piperidine rings is 1. The van der Waals surface area contributed by atoms with Crippen molar-refractivity contribution in [2.24, 2.45) is 23.2 Å². The largest absolute Gasteiger partial charge is 0.444 e. The zero-order valence-electron chi connectivity index (χ0n) is 26.4. The highest BCUT2D eigenvalue weighted by atomic mass is 16.6. The van der Waals surface area contributed by atoms with E-state index < -0.39 is 47.4 Å². The molecule has 3 aliphatic rings. The molecule has 1 aliphatic heterocycles. The van der Waals surface area contributed by atoms with Crippen molar-refractivity contribution in [3.8, 4) is 0 Å². The summed E-state index contributed by atoms with van der Waals surface area (Å²) in [7, 11) is 0. The van der Waals surface area contributed by atoms with E-state index >= 15 is 0 Å². The average molecular weight is 603 g/mol. The maximum absolute atomic E-state index is 14.2. The van der Waals surface area contributed by atoms with E-state index in [-0.39, 0.29) is 48.8 Å². The Morgan fingerprint density at radius 1 is 1.02 bits per heavy atom. The SMILES string of the molecule is C=CCCC(NC(=O)[C@@H]1C2C(CN1C(=O)[C@@H](NC(=O)OC(C)(C)C)C1CCCCC1)C2(C)C)C(=O)C(=O)NCOCC=C. The minimum absolute atomic E-state index is 0.0728. The molecule has 3 unspecified atom stereocenters. The lowest BCUT2D eigenvalue weighted by Crippen LogP contribution is -2.59. The molecule has 0 radical (unpaired) electrons. The average Bonchev–Trinajstić information content (AvgIpc) is 3.27. The Hall–Kier alpha value is -3.21. The van der Waals surface area contributed by atoms with Crippen molar-refractivity contribution >= 4 is 29.6 Å². The summed E-state index contributed by atoms with van der Waals surface area (Å²) in [6, 6.07) is -2.76. The monoisotopic (exact) mass is 602 g/mol. The topological polar surface area (TPSA) is 143 Å². The number of nitrogens with one attached hydrogen (secondary N) is 3. The Balaban J connectivity index is 1.81. The molecule has 0 aromatic rings. The summed E-state index contributed by atoms with van der Waals surface area (Å²) in [5.41, 5.74) is -0.902. The number of allylic oxidation sites excluding steroid dienone is 1. The number of ketones is 1. The number of nitrogens with zero attached hydrogens (tertiary/aromatic N) is 1. The Bertz CT molecular complexity index is 1080. The fraction of sp³-hybridized carbons (Fsp3) is 0.719. The molecule has 11 nitrogen and oxygen atoms in total. The van der Waals surface area contributed by atoms with Crippen molar-refractivity contribution in [3.05, 3.63) is 25.3 Å². The van der Waals surface area contributed by atoms with Crippen LogP contribution in [0.25, 0.3) is 0 Å². The van der Waals surface area contributed by atoms with Gasteiger partial charge in [-0.25, -0.2) is 4.79 Å². The maximum Gasteiger partial charge on any atom is 0.408 e. The lowest BCUT2D eigenvalue weighted by Gasteiger charge is -2.37. The number of alkyl carbamates (subject to hydrolysis) is 1. The summed E-state index contributed by atoms with van der Waals surface area (Å²) in [5, 5.41) is 8.03. The number of fused-ring (bicyclic) bond motifs is 1. The quantitative estimate of drug-likeness (QED) is 0.120. The summed E-state index contributed by atoms with van der Waals surface area (Å²) in [5.74, 6) is -2.55. The van der Waals surface area contributed by atoms with E-state index in [0.29, 0.717) is 13.0 Å². The van der Waals surface area contributed by atoms with Gasteiger partial charge in [-0.1, -0.05) is 45.3 Å². The van der Waals surface area contributed by atoms with Gasteiger partial charge < -0.3 is 30.3 Å². The van der Waals surface area contributed by atoms with Crippen molar-refractivity contribution < 1.29 is 33.4 Å². The molecule has 0 spiro atoms. The van der Waals surface area contributed by atoms with Crippen LogP contribution in [0.15, 0.2) is 25.3 Å². The molecule has 1 saturated heterocycles. The fourth-order valence-corrected chi connectivity index (χ4v) is 6.59. The van der Waals surface area contributed by atoms with Crippen molar-refractivity contribution in [2.45, 2.75) is 103 Å². The Morgan fingerprint density at radius 2 is 1.70 bits per heavy atom. The zero-order valence-corrected chi connectivity index (χ0v) is 26.4. The van der Waals surface area contributed by atoms with Crippen LogP contribution >= 0.6 is 0 Å². The molecule has 1 heterocycles. The summed E-state index contributed by atoms with van der Waals surface area (Å²) in [6.07, 6.45) is 7.61. The predicted molar refractivity (Wildman–Crippen MR) is 162 cm³/mol. The Labute approximate surface area is 255 Å². The van der Waals surface area contributed by atoms with Crippen molar-refractivity contribution in [2.75, 3.05) is 19.9 Å². The first kappa shape index (κ1) is 34.3. The molecule has 0 aromatic carbocycles. The first-order chi connectivity index (χ1) is 20.2. The molecule has 5 atom stereocenters. The minimum Gasteiger partial charge on any atom is -0.444 e. The molecule has 11 heteroatoms. The van der Waals surface area contributed by atoms with Crippen LogP contribution in [-0.4, -0.2) is 78.1 Å². The van der Waals surface area contributed by atoms with Crippen LogP contribution in [-0.2, 0) is 28.7 Å². The van der Waals surface area contributed by atoms with Gasteiger partial charge in [0.15, 0.2) is 0 Å². The smallest absolute Gasteiger partial charge is 0.408 e. The first-order valence-electron chi connectivity index (χ1n) is 15.4. The molecule has 4 amide bonds. The van der Waals surface area contributed by atoms with Gasteiger partial charge in [0.05, 0.1) is 12.6 Å². The van der Waals surface area contributed by atoms with E-state index in [2.05, 4.69) is 43.0 Å². The molecule has 2 aliphatic carbocycles. The molecule has 0 bridgehead atoms. The number of hydrogen-bond acceptors (Lipinski definition) is 7. The van der Waals surface area contributed by atoms with Crippen LogP contribution in [0.1, 0.15) is 79.6 Å². The maximum atomic E-state index is 14.2. The fourth-order valence-electron chi connectivity index (χ4n) is 6.59. The van der Waals surface area contributed by atoms with Gasteiger partial charge >= 0.3 is 6.09 Å². The van der Waals surface area contributed by atoms with Crippen LogP contribution in [0.5, 0.6) is 0 Å². The standard InChI is InChI=1S/C32H50N4O7/c1-8-10-16-22(26(37)28(39)33-19-42-17-9-2)34-27(38)25-23-21(32(23,6)7)18-36(25)29(40)24(20-14-12-11-13-15-20)35-30(41)43-31(3,4)5/h8-9,20-25H,1-2,10-19H2,3-7H3,(H,33,39)(H,34,38)(H,35,41)/t21?,22?,23?,24-,25-/m0/s1. The molecule has 3 fully saturated rings. The number of carbonyl (C=O) groups is 5. The van der Waals surface area contributed by atoms with Gasteiger partial charge in [-0.15, -0.1) is 13.2 Å². The predicted octanol–water partition coefficient (Wildman–Crippen LogP) is 3.24. The molecule has 0 aromatic heterocycles. The van der Waals surface area contributed by atoms with Crippen LogP contribution in [0.2, 0.25) is 0 Å². The third-order valence-electron chi connectivity index (χ3n) is 8.91. The van der Waals surface area contributed by atoms with Gasteiger partial charge in [0.1, 0.15) is 24.4 Å². The molecule has 240 valence electrons. The number of carbonyl (C=O) groups excluding carboxylic acids is 5. The van der Waals surface area contributed by atoms with Crippen LogP contribution in [0.4, 0.5) is 4.79 Å².